The van der Waals surface area contributed by atoms with Crippen molar-refractivity contribution in [3.05, 3.63) is 30.0 Å². The Morgan fingerprint density at radius 2 is 2.19 bits per heavy atom. The number of nitrogens with zero attached hydrogens (tertiary/aromatic N) is 4. The van der Waals surface area contributed by atoms with Crippen molar-refractivity contribution in [2.75, 3.05) is 19.3 Å². The van der Waals surface area contributed by atoms with Gasteiger partial charge in [-0.05, 0) is 19.4 Å². The zero-order valence-electron chi connectivity index (χ0n) is 11.9. The Bertz CT molecular complexity index is 742. The fourth-order valence-corrected chi connectivity index (χ4v) is 3.49. The summed E-state index contributed by atoms with van der Waals surface area (Å²) in [5.74, 6) is 1.46. The van der Waals surface area contributed by atoms with Crippen LogP contribution in [0.5, 0.6) is 0 Å². The van der Waals surface area contributed by atoms with Crippen molar-refractivity contribution in [1.82, 2.24) is 24.2 Å². The maximum atomic E-state index is 11.6. The van der Waals surface area contributed by atoms with Gasteiger partial charge in [0.25, 0.3) is 0 Å². The van der Waals surface area contributed by atoms with Gasteiger partial charge in [0.1, 0.15) is 11.5 Å². The first-order valence-corrected chi connectivity index (χ1v) is 8.59. The predicted molar refractivity (Wildman–Crippen MR) is 78.1 cm³/mol. The summed E-state index contributed by atoms with van der Waals surface area (Å²) in [5.41, 5.74) is 1.61. The van der Waals surface area contributed by atoms with E-state index in [2.05, 4.69) is 19.9 Å². The molecule has 3 heterocycles. The molecule has 0 spiro atoms. The van der Waals surface area contributed by atoms with Gasteiger partial charge in [0, 0.05) is 37.1 Å². The quantitative estimate of drug-likeness (QED) is 0.910. The second-order valence-corrected chi connectivity index (χ2v) is 7.25. The first kappa shape index (κ1) is 14.2. The lowest BCUT2D eigenvalue weighted by molar-refractivity contribution is 0.477. The first-order valence-electron chi connectivity index (χ1n) is 6.74. The third-order valence-corrected chi connectivity index (χ3v) is 4.91. The lowest BCUT2D eigenvalue weighted by Gasteiger charge is -2.13. The summed E-state index contributed by atoms with van der Waals surface area (Å²) in [6, 6.07) is 1.89. The summed E-state index contributed by atoms with van der Waals surface area (Å²) in [6.07, 6.45) is 5.44. The average molecular weight is 307 g/mol. The van der Waals surface area contributed by atoms with Gasteiger partial charge in [-0.25, -0.2) is 27.7 Å². The summed E-state index contributed by atoms with van der Waals surface area (Å²) >= 11 is 0. The standard InChI is InChI=1S/C13H17N5O2S/c1-9-16-11(7-12(17-9)13-14-4-5-15-13)10-3-6-18(8-10)21(2,19)20/h4-5,7,10H,3,6,8H2,1-2H3,(H,14,15)/t10-/m0/s1. The molecule has 112 valence electrons. The van der Waals surface area contributed by atoms with Gasteiger partial charge in [0.15, 0.2) is 5.82 Å². The minimum atomic E-state index is -3.14. The highest BCUT2D eigenvalue weighted by Crippen LogP contribution is 2.28. The summed E-state index contributed by atoms with van der Waals surface area (Å²) < 4.78 is 24.7. The van der Waals surface area contributed by atoms with Crippen LogP contribution in [-0.4, -0.2) is 52.0 Å². The van der Waals surface area contributed by atoms with E-state index in [0.29, 0.717) is 24.7 Å². The lowest BCUT2D eigenvalue weighted by Crippen LogP contribution is -2.27. The molecular weight excluding hydrogens is 290 g/mol. The highest BCUT2D eigenvalue weighted by molar-refractivity contribution is 7.88. The van der Waals surface area contributed by atoms with Crippen molar-refractivity contribution >= 4 is 10.0 Å². The van der Waals surface area contributed by atoms with E-state index < -0.39 is 10.0 Å². The topological polar surface area (TPSA) is 91.8 Å². The van der Waals surface area contributed by atoms with Crippen molar-refractivity contribution in [1.29, 1.82) is 0 Å². The summed E-state index contributed by atoms with van der Waals surface area (Å²) in [5, 5.41) is 0. The molecule has 0 unspecified atom stereocenters. The Labute approximate surface area is 123 Å². The molecule has 1 saturated heterocycles. The van der Waals surface area contributed by atoms with E-state index in [1.165, 1.54) is 10.6 Å². The zero-order valence-corrected chi connectivity index (χ0v) is 12.8. The molecule has 7 nitrogen and oxygen atoms in total. The minimum Gasteiger partial charge on any atom is -0.343 e. The zero-order chi connectivity index (χ0) is 15.0. The number of imidazole rings is 1. The van der Waals surface area contributed by atoms with Crippen LogP contribution >= 0.6 is 0 Å². The third-order valence-electron chi connectivity index (χ3n) is 3.64. The van der Waals surface area contributed by atoms with Gasteiger partial charge in [0.2, 0.25) is 10.0 Å². The Hall–Kier alpha value is -1.80. The molecule has 0 saturated carbocycles. The highest BCUT2D eigenvalue weighted by Gasteiger charge is 2.30. The van der Waals surface area contributed by atoms with Crippen molar-refractivity contribution < 1.29 is 8.42 Å². The Morgan fingerprint density at radius 3 is 2.81 bits per heavy atom. The molecule has 0 aromatic carbocycles. The summed E-state index contributed by atoms with van der Waals surface area (Å²) in [6.45, 7) is 2.86. The second-order valence-electron chi connectivity index (χ2n) is 5.27. The SMILES string of the molecule is Cc1nc(-c2ncc[nH]2)cc([C@H]2CCN(S(C)(=O)=O)C2)n1. The first-order chi connectivity index (χ1) is 9.93. The van der Waals surface area contributed by atoms with E-state index in [9.17, 15) is 8.42 Å². The normalized spacial score (nSPS) is 20.0. The Kier molecular flexibility index (Phi) is 3.50. The molecule has 1 atom stereocenters. The smallest absolute Gasteiger partial charge is 0.211 e. The monoisotopic (exact) mass is 307 g/mol. The van der Waals surface area contributed by atoms with Crippen molar-refractivity contribution in [3.63, 3.8) is 0 Å². The van der Waals surface area contributed by atoms with Crippen molar-refractivity contribution in [2.45, 2.75) is 19.3 Å². The van der Waals surface area contributed by atoms with Gasteiger partial charge in [-0.3, -0.25) is 0 Å². The fourth-order valence-electron chi connectivity index (χ4n) is 2.60. The van der Waals surface area contributed by atoms with Gasteiger partial charge in [-0.1, -0.05) is 0 Å². The molecule has 3 rings (SSSR count). The Balaban J connectivity index is 1.90. The van der Waals surface area contributed by atoms with Gasteiger partial charge in [-0.2, -0.15) is 0 Å². The minimum absolute atomic E-state index is 0.107. The molecule has 1 aliphatic heterocycles. The van der Waals surface area contributed by atoms with Crippen LogP contribution in [0.2, 0.25) is 0 Å². The molecule has 1 aliphatic rings. The average Bonchev–Trinajstić information content (AvgIpc) is 3.09. The molecule has 0 aliphatic carbocycles. The van der Waals surface area contributed by atoms with Crippen LogP contribution in [-0.2, 0) is 10.0 Å². The fraction of sp³-hybridized carbons (Fsp3) is 0.462. The number of sulfonamides is 1. The summed E-state index contributed by atoms with van der Waals surface area (Å²) in [7, 11) is -3.14. The lowest BCUT2D eigenvalue weighted by atomic mass is 10.0. The van der Waals surface area contributed by atoms with E-state index in [1.807, 2.05) is 13.0 Å². The van der Waals surface area contributed by atoms with Gasteiger partial charge in [0.05, 0.1) is 6.26 Å². The number of rotatable bonds is 3. The predicted octanol–water partition coefficient (Wildman–Crippen LogP) is 0.924. The van der Waals surface area contributed by atoms with Crippen molar-refractivity contribution in [3.8, 4) is 11.5 Å². The molecule has 1 fully saturated rings. The molecule has 1 N–H and O–H groups in total. The van der Waals surface area contributed by atoms with Crippen LogP contribution in [0, 0.1) is 6.92 Å². The third kappa shape index (κ3) is 2.96. The number of aromatic nitrogens is 4. The van der Waals surface area contributed by atoms with Crippen LogP contribution in [0.4, 0.5) is 0 Å². The van der Waals surface area contributed by atoms with Crippen LogP contribution in [0.25, 0.3) is 11.5 Å². The molecule has 0 amide bonds. The molecule has 2 aromatic heterocycles. The van der Waals surface area contributed by atoms with Crippen LogP contribution in [0.1, 0.15) is 23.9 Å². The largest absolute Gasteiger partial charge is 0.343 e. The van der Waals surface area contributed by atoms with Crippen LogP contribution in [0.15, 0.2) is 18.5 Å². The maximum absolute atomic E-state index is 11.6. The molecule has 0 bridgehead atoms. The maximum Gasteiger partial charge on any atom is 0.211 e. The number of nitrogens with one attached hydrogen (secondary N) is 1. The number of hydrogen-bond acceptors (Lipinski definition) is 5. The van der Waals surface area contributed by atoms with Gasteiger partial charge >= 0.3 is 0 Å². The molecule has 21 heavy (non-hydrogen) atoms. The number of H-pyrrole nitrogens is 1. The molecule has 0 radical (unpaired) electrons. The molecule has 8 heteroatoms. The molecule has 2 aromatic rings. The number of hydrogen-bond donors (Lipinski definition) is 1. The van der Waals surface area contributed by atoms with Gasteiger partial charge < -0.3 is 4.98 Å². The van der Waals surface area contributed by atoms with E-state index in [4.69, 9.17) is 0 Å². The van der Waals surface area contributed by atoms with E-state index in [1.54, 1.807) is 12.4 Å². The van der Waals surface area contributed by atoms with E-state index in [-0.39, 0.29) is 5.92 Å². The number of aromatic amines is 1. The van der Waals surface area contributed by atoms with Crippen LogP contribution < -0.4 is 0 Å². The Morgan fingerprint density at radius 1 is 1.38 bits per heavy atom. The highest BCUT2D eigenvalue weighted by atomic mass is 32.2. The van der Waals surface area contributed by atoms with E-state index >= 15 is 0 Å². The second kappa shape index (κ2) is 5.19. The number of aryl methyl sites for hydroxylation is 1. The molecular formula is C13H17N5O2S. The summed E-state index contributed by atoms with van der Waals surface area (Å²) in [4.78, 5) is 16.1. The van der Waals surface area contributed by atoms with Gasteiger partial charge in [-0.15, -0.1) is 0 Å². The van der Waals surface area contributed by atoms with E-state index in [0.717, 1.165) is 17.8 Å². The van der Waals surface area contributed by atoms with Crippen LogP contribution in [0.3, 0.4) is 0 Å². The van der Waals surface area contributed by atoms with Crippen molar-refractivity contribution in [2.24, 2.45) is 0 Å².